The van der Waals surface area contributed by atoms with Crippen molar-refractivity contribution in [3.63, 3.8) is 0 Å². The molecule has 508 valence electrons. The number of hydrogen-bond acceptors (Lipinski definition) is 5. The topological polar surface area (TPSA) is 105 Å². The molecule has 3 unspecified atom stereocenters. The van der Waals surface area contributed by atoms with E-state index in [-0.39, 0.29) is 19.1 Å². The molecule has 85 heavy (non-hydrogen) atoms. The molecule has 0 fully saturated rings. The summed E-state index contributed by atoms with van der Waals surface area (Å²) in [5.74, 6) is -0.166. The number of aliphatic hydroxyl groups is 1. The smallest absolute Gasteiger partial charge is 0.387 e. The summed E-state index contributed by atoms with van der Waals surface area (Å²) in [4.78, 5) is 23.5. The standard InChI is InChI=1S/C76H153N2O6P/c1-6-8-10-12-14-16-18-20-22-24-26-28-30-32-34-36-38-40-41-43-45-47-49-51-53-55-57-59-61-63-65-67-69-75(79)74(73-84-85(81,82)83-72-71-78(3,4)5)77-76(80)70-68-66-64-62-60-58-56-54-52-50-48-46-44-42-39-37-35-33-31-29-27-25-23-21-19-17-15-13-11-9-7-2/h67,69,74-75,79H,6-66,68,70-73H2,1-5H3,(H-,77,80,81,82)/p+1/b69-67+. The average molecular weight is 1220 g/mol. The Morgan fingerprint density at radius 2 is 0.624 bits per heavy atom. The Balaban J connectivity index is 3.96. The zero-order chi connectivity index (χ0) is 61.9. The molecule has 0 aromatic carbocycles. The van der Waals surface area contributed by atoms with Gasteiger partial charge in [0.2, 0.25) is 5.91 Å². The van der Waals surface area contributed by atoms with Crippen molar-refractivity contribution in [3.8, 4) is 0 Å². The number of nitrogens with zero attached hydrogens (tertiary/aromatic N) is 1. The van der Waals surface area contributed by atoms with Crippen molar-refractivity contribution in [1.29, 1.82) is 0 Å². The van der Waals surface area contributed by atoms with Gasteiger partial charge in [-0.05, 0) is 19.3 Å². The first kappa shape index (κ1) is 84.2. The lowest BCUT2D eigenvalue weighted by molar-refractivity contribution is -0.870. The molecule has 1 amide bonds. The molecule has 0 aromatic heterocycles. The maximum Gasteiger partial charge on any atom is 0.472 e. The van der Waals surface area contributed by atoms with Gasteiger partial charge in [-0.15, -0.1) is 0 Å². The molecule has 0 bridgehead atoms. The summed E-state index contributed by atoms with van der Waals surface area (Å²) in [6, 6.07) is -0.844. The van der Waals surface area contributed by atoms with Crippen LogP contribution in [-0.2, 0) is 18.4 Å². The van der Waals surface area contributed by atoms with Gasteiger partial charge in [-0.3, -0.25) is 13.8 Å². The second kappa shape index (κ2) is 67.6. The zero-order valence-electron chi connectivity index (χ0n) is 58.4. The molecule has 0 saturated heterocycles. The first-order chi connectivity index (χ1) is 41.5. The van der Waals surface area contributed by atoms with Gasteiger partial charge in [-0.1, -0.05) is 405 Å². The molecule has 0 aliphatic carbocycles. The number of nitrogens with one attached hydrogen (secondary N) is 1. The molecule has 0 aliphatic rings. The lowest BCUT2D eigenvalue weighted by Crippen LogP contribution is -2.45. The molecule has 0 saturated carbocycles. The molecule has 0 aliphatic heterocycles. The number of amides is 1. The van der Waals surface area contributed by atoms with E-state index in [1.165, 1.54) is 366 Å². The van der Waals surface area contributed by atoms with Gasteiger partial charge in [0, 0.05) is 6.42 Å². The highest BCUT2D eigenvalue weighted by Crippen LogP contribution is 2.43. The van der Waals surface area contributed by atoms with Gasteiger partial charge in [-0.2, -0.15) is 0 Å². The number of carbonyl (C=O) groups excluding carboxylic acids is 1. The predicted molar refractivity (Wildman–Crippen MR) is 374 cm³/mol. The minimum atomic E-state index is -4.35. The Bertz CT molecular complexity index is 1390. The highest BCUT2D eigenvalue weighted by Gasteiger charge is 2.28. The van der Waals surface area contributed by atoms with Crippen LogP contribution in [-0.4, -0.2) is 73.4 Å². The fourth-order valence-corrected chi connectivity index (χ4v) is 13.0. The van der Waals surface area contributed by atoms with Crippen molar-refractivity contribution in [2.75, 3.05) is 40.9 Å². The summed E-state index contributed by atoms with van der Waals surface area (Å²) in [6.07, 6.45) is 88.3. The van der Waals surface area contributed by atoms with Crippen LogP contribution >= 0.6 is 7.82 Å². The van der Waals surface area contributed by atoms with Crippen LogP contribution in [0.15, 0.2) is 12.2 Å². The van der Waals surface area contributed by atoms with Crippen molar-refractivity contribution < 1.29 is 32.9 Å². The third-order valence-electron chi connectivity index (χ3n) is 18.3. The van der Waals surface area contributed by atoms with Crippen LogP contribution in [0, 0.1) is 0 Å². The molecule has 0 rings (SSSR count). The van der Waals surface area contributed by atoms with E-state index in [4.69, 9.17) is 9.05 Å². The Kier molecular flexibility index (Phi) is 67.0. The van der Waals surface area contributed by atoms with Gasteiger partial charge >= 0.3 is 7.82 Å². The quantitative estimate of drug-likeness (QED) is 0.0243. The van der Waals surface area contributed by atoms with Crippen LogP contribution in [0.1, 0.15) is 418 Å². The fraction of sp³-hybridized carbons (Fsp3) is 0.961. The maximum absolute atomic E-state index is 13.1. The number of allylic oxidation sites excluding steroid dienone is 1. The molecule has 0 heterocycles. The second-order valence-electron chi connectivity index (χ2n) is 28.1. The zero-order valence-corrected chi connectivity index (χ0v) is 59.3. The van der Waals surface area contributed by atoms with Gasteiger partial charge in [0.05, 0.1) is 39.9 Å². The summed E-state index contributed by atoms with van der Waals surface area (Å²) in [5.41, 5.74) is 0. The summed E-state index contributed by atoms with van der Waals surface area (Å²) < 4.78 is 23.9. The van der Waals surface area contributed by atoms with Gasteiger partial charge in [0.1, 0.15) is 13.2 Å². The molecule has 8 nitrogen and oxygen atoms in total. The first-order valence-corrected chi connectivity index (χ1v) is 40.1. The molecule has 3 N–H and O–H groups in total. The predicted octanol–water partition coefficient (Wildman–Crippen LogP) is 24.8. The van der Waals surface area contributed by atoms with E-state index in [9.17, 15) is 19.4 Å². The Labute approximate surface area is 532 Å². The van der Waals surface area contributed by atoms with Crippen LogP contribution in [0.3, 0.4) is 0 Å². The summed E-state index contributed by atoms with van der Waals surface area (Å²) >= 11 is 0. The Morgan fingerprint density at radius 3 is 0.871 bits per heavy atom. The summed E-state index contributed by atoms with van der Waals surface area (Å²) in [7, 11) is 1.60. The van der Waals surface area contributed by atoms with Crippen molar-refractivity contribution in [3.05, 3.63) is 12.2 Å². The second-order valence-corrected chi connectivity index (χ2v) is 29.6. The van der Waals surface area contributed by atoms with E-state index in [1.54, 1.807) is 6.08 Å². The number of hydrogen-bond donors (Lipinski definition) is 3. The molecular weight excluding hydrogens is 1070 g/mol. The molecule has 0 aromatic rings. The highest BCUT2D eigenvalue weighted by atomic mass is 31.2. The average Bonchev–Trinajstić information content (AvgIpc) is 3.49. The lowest BCUT2D eigenvalue weighted by atomic mass is 10.0. The number of unbranched alkanes of at least 4 members (excludes halogenated alkanes) is 60. The van der Waals surface area contributed by atoms with Crippen LogP contribution in [0.2, 0.25) is 0 Å². The van der Waals surface area contributed by atoms with Crippen LogP contribution < -0.4 is 5.32 Å². The van der Waals surface area contributed by atoms with E-state index in [1.807, 2.05) is 27.2 Å². The SMILES string of the molecule is CCCCCCCCCCCCCCCCCCCCCCCCCCCCCCCC/C=C/C(O)C(COP(=O)(O)OCC[N+](C)(C)C)NC(=O)CCCCCCCCCCCCCCCCCCCCCCCCCCCCCCCCC. The van der Waals surface area contributed by atoms with Crippen molar-refractivity contribution in [1.82, 2.24) is 5.32 Å². The number of likely N-dealkylation sites (N-methyl/N-ethyl adjacent to an activating group) is 1. The van der Waals surface area contributed by atoms with Gasteiger partial charge in [0.15, 0.2) is 0 Å². The summed E-state index contributed by atoms with van der Waals surface area (Å²) in [6.45, 7) is 4.90. The monoisotopic (exact) mass is 1220 g/mol. The Hall–Kier alpha value is -0.760. The molecule has 9 heteroatoms. The first-order valence-electron chi connectivity index (χ1n) is 38.6. The third kappa shape index (κ3) is 70.6. The van der Waals surface area contributed by atoms with E-state index in [0.29, 0.717) is 17.4 Å². The number of quaternary nitrogens is 1. The third-order valence-corrected chi connectivity index (χ3v) is 19.2. The molecule has 0 spiro atoms. The highest BCUT2D eigenvalue weighted by molar-refractivity contribution is 7.47. The van der Waals surface area contributed by atoms with Gasteiger partial charge < -0.3 is 19.8 Å². The number of phosphoric ester groups is 1. The molecule has 0 radical (unpaired) electrons. The van der Waals surface area contributed by atoms with E-state index in [0.717, 1.165) is 32.1 Å². The number of aliphatic hydroxyl groups excluding tert-OH is 1. The van der Waals surface area contributed by atoms with Crippen molar-refractivity contribution in [2.24, 2.45) is 0 Å². The number of phosphoric acid groups is 1. The minimum absolute atomic E-state index is 0.0656. The van der Waals surface area contributed by atoms with Crippen LogP contribution in [0.4, 0.5) is 0 Å². The normalized spacial score (nSPS) is 13.5. The van der Waals surface area contributed by atoms with Crippen molar-refractivity contribution in [2.45, 2.75) is 431 Å². The number of rotatable bonds is 73. The van der Waals surface area contributed by atoms with Crippen LogP contribution in [0.25, 0.3) is 0 Å². The maximum atomic E-state index is 13.1. The Morgan fingerprint density at radius 1 is 0.388 bits per heavy atom. The van der Waals surface area contributed by atoms with E-state index >= 15 is 0 Å². The fourth-order valence-electron chi connectivity index (χ4n) is 12.3. The largest absolute Gasteiger partial charge is 0.472 e. The van der Waals surface area contributed by atoms with Crippen molar-refractivity contribution >= 4 is 13.7 Å². The molecular formula is C76H154N2O6P+. The van der Waals surface area contributed by atoms with Gasteiger partial charge in [0.25, 0.3) is 0 Å². The van der Waals surface area contributed by atoms with E-state index in [2.05, 4.69) is 19.2 Å². The summed E-state index contributed by atoms with van der Waals surface area (Å²) in [5, 5.41) is 14.1. The van der Waals surface area contributed by atoms with E-state index < -0.39 is 20.0 Å². The van der Waals surface area contributed by atoms with Crippen LogP contribution in [0.5, 0.6) is 0 Å². The minimum Gasteiger partial charge on any atom is -0.387 e. The van der Waals surface area contributed by atoms with Gasteiger partial charge in [-0.25, -0.2) is 4.57 Å². The number of carbonyl (C=O) groups is 1. The molecule has 3 atom stereocenters. The lowest BCUT2D eigenvalue weighted by Gasteiger charge is -2.25.